The number of hydrazine groups is 1. The van der Waals surface area contributed by atoms with Gasteiger partial charge in [-0.2, -0.15) is 13.2 Å². The van der Waals surface area contributed by atoms with E-state index in [4.69, 9.17) is 4.74 Å². The van der Waals surface area contributed by atoms with E-state index in [1.165, 1.54) is 25.3 Å². The van der Waals surface area contributed by atoms with E-state index < -0.39 is 17.2 Å². The number of alkyl halides is 3. The molecule has 0 amide bonds. The Hall–Kier alpha value is -1.96. The van der Waals surface area contributed by atoms with Crippen LogP contribution in [0.2, 0.25) is 0 Å². The first-order valence-corrected chi connectivity index (χ1v) is 4.49. The summed E-state index contributed by atoms with van der Waals surface area (Å²) in [4.78, 5) is 3.27. The van der Waals surface area contributed by atoms with Gasteiger partial charge in [0, 0.05) is 6.07 Å². The predicted octanol–water partition coefficient (Wildman–Crippen LogP) is 2.43. The number of aliphatic imine (C=N–C) groups is 1. The van der Waals surface area contributed by atoms with Crippen LogP contribution in [0.4, 0.5) is 24.5 Å². The highest BCUT2D eigenvalue weighted by molar-refractivity contribution is 5.95. The van der Waals surface area contributed by atoms with E-state index in [0.717, 1.165) is 0 Å². The summed E-state index contributed by atoms with van der Waals surface area (Å²) < 4.78 is 42.1. The van der Waals surface area contributed by atoms with Crippen molar-refractivity contribution >= 4 is 17.2 Å². The molecule has 1 aliphatic rings. The van der Waals surface area contributed by atoms with Crippen LogP contribution >= 0.6 is 0 Å². The van der Waals surface area contributed by atoms with Crippen molar-refractivity contribution in [3.63, 3.8) is 0 Å². The summed E-state index contributed by atoms with van der Waals surface area (Å²) in [6, 6.07) is 4.23. The standard InChI is InChI=1S/C9H7F3N3O2/c1-17-5-2-3-6-7(4-5)13-8(9(10,11)12)15(16)14-6/h2-4,14H,1H3/q-1. The average Bonchev–Trinajstić information content (AvgIpc) is 2.26. The number of benzene rings is 1. The Morgan fingerprint density at radius 2 is 2.12 bits per heavy atom. The van der Waals surface area contributed by atoms with Crippen molar-refractivity contribution in [2.75, 3.05) is 12.5 Å². The molecule has 1 aromatic rings. The van der Waals surface area contributed by atoms with Crippen molar-refractivity contribution in [2.45, 2.75) is 6.18 Å². The van der Waals surface area contributed by atoms with E-state index in [1.807, 2.05) is 5.43 Å². The number of anilines is 1. The Morgan fingerprint density at radius 3 is 2.71 bits per heavy atom. The molecule has 17 heavy (non-hydrogen) atoms. The van der Waals surface area contributed by atoms with E-state index in [1.54, 1.807) is 0 Å². The SMILES string of the molecule is COc1ccc2c(c1)N=C(C(F)(F)F)N([O-])N2. The number of methoxy groups -OCH3 is 1. The fraction of sp³-hybridized carbons (Fsp3) is 0.222. The van der Waals surface area contributed by atoms with Gasteiger partial charge in [-0.05, 0) is 12.1 Å². The lowest BCUT2D eigenvalue weighted by Gasteiger charge is -2.36. The Morgan fingerprint density at radius 1 is 1.41 bits per heavy atom. The van der Waals surface area contributed by atoms with Crippen LogP contribution in [0.3, 0.4) is 0 Å². The van der Waals surface area contributed by atoms with E-state index in [0.29, 0.717) is 5.75 Å². The number of amidine groups is 1. The van der Waals surface area contributed by atoms with E-state index in [2.05, 4.69) is 4.99 Å². The zero-order chi connectivity index (χ0) is 12.6. The summed E-state index contributed by atoms with van der Waals surface area (Å²) in [5.74, 6) is -1.19. The molecule has 5 nitrogen and oxygen atoms in total. The molecule has 0 aromatic heterocycles. The maximum Gasteiger partial charge on any atom is 0.450 e. The summed E-state index contributed by atoms with van der Waals surface area (Å²) in [7, 11) is 1.38. The van der Waals surface area contributed by atoms with Gasteiger partial charge in [0.25, 0.3) is 0 Å². The van der Waals surface area contributed by atoms with Crippen LogP contribution in [0.25, 0.3) is 0 Å². The van der Waals surface area contributed by atoms with Crippen LogP contribution < -0.4 is 10.2 Å². The summed E-state index contributed by atoms with van der Waals surface area (Å²) in [6.45, 7) is 0. The lowest BCUT2D eigenvalue weighted by Crippen LogP contribution is -2.42. The van der Waals surface area contributed by atoms with Gasteiger partial charge in [0.05, 0.1) is 18.5 Å². The number of hydrogen-bond acceptors (Lipinski definition) is 5. The van der Waals surface area contributed by atoms with Crippen molar-refractivity contribution in [3.05, 3.63) is 23.4 Å². The number of hydroxylamine groups is 1. The van der Waals surface area contributed by atoms with Crippen molar-refractivity contribution in [1.82, 2.24) is 5.17 Å². The highest BCUT2D eigenvalue weighted by Crippen LogP contribution is 2.35. The van der Waals surface area contributed by atoms with Gasteiger partial charge in [0.1, 0.15) is 5.75 Å². The van der Waals surface area contributed by atoms with Crippen LogP contribution in [0.15, 0.2) is 23.2 Å². The van der Waals surface area contributed by atoms with Gasteiger partial charge in [0.15, 0.2) is 0 Å². The van der Waals surface area contributed by atoms with Gasteiger partial charge < -0.3 is 20.5 Å². The fourth-order valence-corrected chi connectivity index (χ4v) is 1.33. The summed E-state index contributed by atoms with van der Waals surface area (Å²) >= 11 is 0. The molecule has 2 rings (SSSR count). The molecule has 0 saturated carbocycles. The molecular formula is C9H7F3N3O2-. The molecule has 0 fully saturated rings. The molecule has 0 atom stereocenters. The minimum atomic E-state index is -4.81. The number of nitrogens with one attached hydrogen (secondary N) is 1. The predicted molar refractivity (Wildman–Crippen MR) is 55.0 cm³/mol. The first-order chi connectivity index (χ1) is 7.91. The van der Waals surface area contributed by atoms with Crippen molar-refractivity contribution in [1.29, 1.82) is 0 Å². The zero-order valence-electron chi connectivity index (χ0n) is 8.58. The van der Waals surface area contributed by atoms with E-state index in [9.17, 15) is 18.4 Å². The Balaban J connectivity index is 2.48. The maximum atomic E-state index is 12.4. The van der Waals surface area contributed by atoms with Crippen LogP contribution in [-0.4, -0.2) is 24.3 Å². The van der Waals surface area contributed by atoms with Crippen molar-refractivity contribution < 1.29 is 17.9 Å². The molecule has 0 radical (unpaired) electrons. The minimum absolute atomic E-state index is 0.00350. The van der Waals surface area contributed by atoms with Gasteiger partial charge in [-0.1, -0.05) is 0 Å². The monoisotopic (exact) mass is 246 g/mol. The van der Waals surface area contributed by atoms with Crippen LogP contribution in [-0.2, 0) is 0 Å². The Kier molecular flexibility index (Phi) is 2.58. The van der Waals surface area contributed by atoms with Crippen molar-refractivity contribution in [3.8, 4) is 5.75 Å². The van der Waals surface area contributed by atoms with Crippen LogP contribution in [0.1, 0.15) is 0 Å². The Labute approximate surface area is 94.1 Å². The third-order valence-corrected chi connectivity index (χ3v) is 2.10. The second-order valence-corrected chi connectivity index (χ2v) is 3.22. The normalized spacial score (nSPS) is 14.9. The fourth-order valence-electron chi connectivity index (χ4n) is 1.33. The highest BCUT2D eigenvalue weighted by Gasteiger charge is 2.39. The smallest absolute Gasteiger partial charge is 0.450 e. The molecule has 0 unspecified atom stereocenters. The quantitative estimate of drug-likeness (QED) is 0.826. The molecule has 1 aliphatic heterocycles. The lowest BCUT2D eigenvalue weighted by molar-refractivity contribution is -0.0662. The highest BCUT2D eigenvalue weighted by atomic mass is 19.4. The summed E-state index contributed by atoms with van der Waals surface area (Å²) in [6.07, 6.45) is -4.81. The molecule has 8 heteroatoms. The summed E-state index contributed by atoms with van der Waals surface area (Å²) in [5.41, 5.74) is 2.23. The second-order valence-electron chi connectivity index (χ2n) is 3.22. The third-order valence-electron chi connectivity index (χ3n) is 2.10. The molecule has 1 N–H and O–H groups in total. The maximum absolute atomic E-state index is 12.4. The number of rotatable bonds is 1. The van der Waals surface area contributed by atoms with Gasteiger partial charge in [0.2, 0.25) is 5.84 Å². The molecule has 0 saturated heterocycles. The topological polar surface area (TPSA) is 59.9 Å². The molecule has 0 spiro atoms. The number of hydrogen-bond donors (Lipinski definition) is 1. The number of nitrogens with zero attached hydrogens (tertiary/aromatic N) is 2. The lowest BCUT2D eigenvalue weighted by atomic mass is 10.2. The Bertz CT molecular complexity index is 473. The zero-order valence-corrected chi connectivity index (χ0v) is 8.58. The molecule has 1 aromatic carbocycles. The third kappa shape index (κ3) is 2.11. The molecular weight excluding hydrogens is 239 g/mol. The molecule has 0 bridgehead atoms. The van der Waals surface area contributed by atoms with Crippen LogP contribution in [0, 0.1) is 5.21 Å². The molecule has 0 aliphatic carbocycles. The first kappa shape index (κ1) is 11.5. The molecule has 1 heterocycles. The number of fused-ring (bicyclic) bond motifs is 1. The molecule has 92 valence electrons. The van der Waals surface area contributed by atoms with Crippen LogP contribution in [0.5, 0.6) is 5.75 Å². The van der Waals surface area contributed by atoms with Crippen molar-refractivity contribution in [2.24, 2.45) is 4.99 Å². The largest absolute Gasteiger partial charge is 0.738 e. The van der Waals surface area contributed by atoms with E-state index >= 15 is 0 Å². The van der Waals surface area contributed by atoms with Gasteiger partial charge in [-0.3, -0.25) is 0 Å². The number of ether oxygens (including phenoxy) is 1. The first-order valence-electron chi connectivity index (χ1n) is 4.49. The number of halogens is 3. The van der Waals surface area contributed by atoms with E-state index in [-0.39, 0.29) is 11.4 Å². The second kappa shape index (κ2) is 3.81. The minimum Gasteiger partial charge on any atom is -0.738 e. The van der Waals surface area contributed by atoms with Gasteiger partial charge in [-0.15, -0.1) is 0 Å². The average molecular weight is 246 g/mol. The van der Waals surface area contributed by atoms with Gasteiger partial charge in [-0.25, -0.2) is 4.99 Å². The van der Waals surface area contributed by atoms with Gasteiger partial charge >= 0.3 is 6.18 Å². The summed E-state index contributed by atoms with van der Waals surface area (Å²) in [5, 5.41) is 10.7.